The van der Waals surface area contributed by atoms with E-state index in [-0.39, 0.29) is 5.41 Å². The zero-order valence-corrected chi connectivity index (χ0v) is 15.0. The number of piperidine rings is 1. The van der Waals surface area contributed by atoms with E-state index in [2.05, 4.69) is 42.5 Å². The molecule has 2 saturated heterocycles. The SMILES string of the molecule is CC[C@@H](C)N1C[C@]2(CCCN(Cc3sc(C)nc3C)C2)C1=O. The van der Waals surface area contributed by atoms with Crippen LogP contribution in [0.5, 0.6) is 0 Å². The van der Waals surface area contributed by atoms with E-state index >= 15 is 0 Å². The van der Waals surface area contributed by atoms with Gasteiger partial charge in [-0.05, 0) is 46.6 Å². The van der Waals surface area contributed by atoms with Crippen LogP contribution in [-0.4, -0.2) is 46.4 Å². The highest BCUT2D eigenvalue weighted by atomic mass is 32.1. The maximum Gasteiger partial charge on any atom is 0.232 e. The number of β-lactam (4-membered cyclic amide) rings is 1. The number of hydrogen-bond donors (Lipinski definition) is 0. The van der Waals surface area contributed by atoms with E-state index in [1.807, 2.05) is 0 Å². The third-order valence-corrected chi connectivity index (χ3v) is 6.39. The van der Waals surface area contributed by atoms with Gasteiger partial charge in [0.25, 0.3) is 0 Å². The van der Waals surface area contributed by atoms with Crippen LogP contribution < -0.4 is 0 Å². The van der Waals surface area contributed by atoms with E-state index in [9.17, 15) is 4.79 Å². The van der Waals surface area contributed by atoms with Gasteiger partial charge in [-0.1, -0.05) is 6.92 Å². The lowest BCUT2D eigenvalue weighted by Crippen LogP contribution is -2.68. The topological polar surface area (TPSA) is 36.4 Å². The Morgan fingerprint density at radius 3 is 2.73 bits per heavy atom. The molecule has 2 aliphatic rings. The molecule has 1 aromatic rings. The molecule has 0 saturated carbocycles. The molecule has 3 heterocycles. The zero-order chi connectivity index (χ0) is 15.9. The van der Waals surface area contributed by atoms with Crippen LogP contribution >= 0.6 is 11.3 Å². The second kappa shape index (κ2) is 5.93. The van der Waals surface area contributed by atoms with Crippen molar-refractivity contribution in [2.75, 3.05) is 19.6 Å². The van der Waals surface area contributed by atoms with Crippen molar-refractivity contribution in [1.29, 1.82) is 0 Å². The number of amides is 1. The van der Waals surface area contributed by atoms with Crippen molar-refractivity contribution in [3.8, 4) is 0 Å². The Balaban J connectivity index is 1.65. The lowest BCUT2D eigenvalue weighted by Gasteiger charge is -2.55. The minimum Gasteiger partial charge on any atom is -0.338 e. The highest BCUT2D eigenvalue weighted by Gasteiger charge is 2.54. The highest BCUT2D eigenvalue weighted by molar-refractivity contribution is 7.11. The molecule has 2 atom stereocenters. The maximum absolute atomic E-state index is 12.7. The van der Waals surface area contributed by atoms with Crippen molar-refractivity contribution in [2.45, 2.75) is 59.5 Å². The summed E-state index contributed by atoms with van der Waals surface area (Å²) in [5.74, 6) is 0.392. The molecule has 4 nitrogen and oxygen atoms in total. The average molecular weight is 321 g/mol. The van der Waals surface area contributed by atoms with Crippen LogP contribution in [0.25, 0.3) is 0 Å². The summed E-state index contributed by atoms with van der Waals surface area (Å²) >= 11 is 1.80. The normalized spacial score (nSPS) is 27.3. The number of nitrogens with zero attached hydrogens (tertiary/aromatic N) is 3. The van der Waals surface area contributed by atoms with Crippen LogP contribution in [0.1, 0.15) is 48.7 Å². The van der Waals surface area contributed by atoms with Crippen molar-refractivity contribution >= 4 is 17.2 Å². The Kier molecular flexibility index (Phi) is 4.29. The number of hydrogen-bond acceptors (Lipinski definition) is 4. The molecule has 2 fully saturated rings. The average Bonchev–Trinajstić information content (AvgIpc) is 2.82. The van der Waals surface area contributed by atoms with Gasteiger partial charge in [0, 0.05) is 30.6 Å². The first-order valence-electron chi connectivity index (χ1n) is 8.41. The summed E-state index contributed by atoms with van der Waals surface area (Å²) < 4.78 is 0. The smallest absolute Gasteiger partial charge is 0.232 e. The van der Waals surface area contributed by atoms with Crippen molar-refractivity contribution in [2.24, 2.45) is 5.41 Å². The van der Waals surface area contributed by atoms with Crippen molar-refractivity contribution in [3.63, 3.8) is 0 Å². The Labute approximate surface area is 137 Å². The Morgan fingerprint density at radius 1 is 1.36 bits per heavy atom. The van der Waals surface area contributed by atoms with Crippen molar-refractivity contribution < 1.29 is 4.79 Å². The molecule has 1 aromatic heterocycles. The number of aromatic nitrogens is 1. The Bertz CT molecular complexity index is 570. The van der Waals surface area contributed by atoms with Crippen LogP contribution in [0, 0.1) is 19.3 Å². The third kappa shape index (κ3) is 2.69. The molecule has 0 aliphatic carbocycles. The second-order valence-corrected chi connectivity index (χ2v) is 8.31. The van der Waals surface area contributed by atoms with Crippen LogP contribution in [0.2, 0.25) is 0 Å². The van der Waals surface area contributed by atoms with Gasteiger partial charge in [-0.15, -0.1) is 11.3 Å². The van der Waals surface area contributed by atoms with Gasteiger partial charge < -0.3 is 4.90 Å². The van der Waals surface area contributed by atoms with E-state index in [1.54, 1.807) is 11.3 Å². The van der Waals surface area contributed by atoms with Crippen LogP contribution in [-0.2, 0) is 11.3 Å². The fraction of sp³-hybridized carbons (Fsp3) is 0.765. The number of rotatable bonds is 4. The van der Waals surface area contributed by atoms with Crippen molar-refractivity contribution in [1.82, 2.24) is 14.8 Å². The monoisotopic (exact) mass is 321 g/mol. The molecule has 3 rings (SSSR count). The van der Waals surface area contributed by atoms with Gasteiger partial charge >= 0.3 is 0 Å². The predicted molar refractivity (Wildman–Crippen MR) is 90.0 cm³/mol. The second-order valence-electron chi connectivity index (χ2n) is 7.03. The quantitative estimate of drug-likeness (QED) is 0.800. The molecule has 22 heavy (non-hydrogen) atoms. The molecule has 0 bridgehead atoms. The first-order valence-corrected chi connectivity index (χ1v) is 9.23. The Hall–Kier alpha value is -0.940. The molecule has 122 valence electrons. The molecule has 5 heteroatoms. The maximum atomic E-state index is 12.7. The lowest BCUT2D eigenvalue weighted by molar-refractivity contribution is -0.170. The minimum atomic E-state index is -0.0880. The third-order valence-electron chi connectivity index (χ3n) is 5.33. The summed E-state index contributed by atoms with van der Waals surface area (Å²) in [6, 6.07) is 0.389. The highest BCUT2D eigenvalue weighted by Crippen LogP contribution is 2.42. The van der Waals surface area contributed by atoms with E-state index in [1.165, 1.54) is 4.88 Å². The van der Waals surface area contributed by atoms with E-state index in [4.69, 9.17) is 0 Å². The summed E-state index contributed by atoms with van der Waals surface area (Å²) in [6.45, 7) is 12.4. The minimum absolute atomic E-state index is 0.0880. The van der Waals surface area contributed by atoms with Crippen LogP contribution in [0.4, 0.5) is 0 Å². The fourth-order valence-corrected chi connectivity index (χ4v) is 4.82. The number of carbonyl (C=O) groups is 1. The van der Waals surface area contributed by atoms with Gasteiger partial charge in [0.05, 0.1) is 16.1 Å². The van der Waals surface area contributed by atoms with E-state index < -0.39 is 0 Å². The largest absolute Gasteiger partial charge is 0.338 e. The predicted octanol–water partition coefficient (Wildman–Crippen LogP) is 2.98. The molecule has 1 spiro atoms. The van der Waals surface area contributed by atoms with E-state index in [0.717, 1.165) is 56.1 Å². The number of aryl methyl sites for hydroxylation is 2. The first kappa shape index (κ1) is 15.9. The van der Waals surface area contributed by atoms with Crippen LogP contribution in [0.15, 0.2) is 0 Å². The molecule has 0 unspecified atom stereocenters. The van der Waals surface area contributed by atoms with Gasteiger partial charge in [0.15, 0.2) is 0 Å². The van der Waals surface area contributed by atoms with Gasteiger partial charge in [0.1, 0.15) is 0 Å². The van der Waals surface area contributed by atoms with Crippen LogP contribution in [0.3, 0.4) is 0 Å². The number of likely N-dealkylation sites (tertiary alicyclic amines) is 2. The standard InChI is InChI=1S/C17H27N3OS/c1-5-12(2)20-11-17(16(20)21)7-6-8-19(10-17)9-15-13(3)18-14(4)22-15/h12H,5-11H2,1-4H3/t12-,17-/m1/s1. The molecule has 0 aromatic carbocycles. The molecule has 1 amide bonds. The van der Waals surface area contributed by atoms with Gasteiger partial charge in [-0.3, -0.25) is 9.69 Å². The first-order chi connectivity index (χ1) is 10.4. The fourth-order valence-electron chi connectivity index (χ4n) is 3.84. The molecular weight excluding hydrogens is 294 g/mol. The summed E-state index contributed by atoms with van der Waals surface area (Å²) in [5.41, 5.74) is 1.07. The van der Waals surface area contributed by atoms with Gasteiger partial charge in [-0.2, -0.15) is 0 Å². The summed E-state index contributed by atoms with van der Waals surface area (Å²) in [5, 5.41) is 1.14. The molecule has 0 N–H and O–H groups in total. The van der Waals surface area contributed by atoms with E-state index in [0.29, 0.717) is 11.9 Å². The summed E-state index contributed by atoms with van der Waals surface area (Å²) in [4.78, 5) is 23.1. The molecule has 2 aliphatic heterocycles. The van der Waals surface area contributed by atoms with Gasteiger partial charge in [0.2, 0.25) is 5.91 Å². The molecular formula is C17H27N3OS. The van der Waals surface area contributed by atoms with Gasteiger partial charge in [-0.25, -0.2) is 4.98 Å². The summed E-state index contributed by atoms with van der Waals surface area (Å²) in [7, 11) is 0. The lowest BCUT2D eigenvalue weighted by atomic mass is 9.71. The molecule has 0 radical (unpaired) electrons. The Morgan fingerprint density at radius 2 is 2.14 bits per heavy atom. The number of thiazole rings is 1. The summed E-state index contributed by atoms with van der Waals surface area (Å²) in [6.07, 6.45) is 3.25. The van der Waals surface area contributed by atoms with Crippen molar-refractivity contribution in [3.05, 3.63) is 15.6 Å². The number of carbonyl (C=O) groups excluding carboxylic acids is 1. The zero-order valence-electron chi connectivity index (χ0n) is 14.2.